The molecule has 1 atom stereocenters. The molecule has 2 amide bonds. The van der Waals surface area contributed by atoms with Gasteiger partial charge in [0, 0.05) is 17.9 Å². The number of carboxylic acid groups (broad SMARTS) is 1. The fourth-order valence-corrected chi connectivity index (χ4v) is 3.48. The molecule has 0 spiro atoms. The van der Waals surface area contributed by atoms with E-state index in [0.717, 1.165) is 25.7 Å². The van der Waals surface area contributed by atoms with Crippen LogP contribution in [0.5, 0.6) is 0 Å². The largest absolute Gasteiger partial charge is 0.481 e. The van der Waals surface area contributed by atoms with E-state index in [9.17, 15) is 14.4 Å². The molecular weight excluding hydrogens is 404 g/mol. The van der Waals surface area contributed by atoms with Crippen molar-refractivity contribution >= 4 is 29.5 Å². The van der Waals surface area contributed by atoms with E-state index >= 15 is 0 Å². The maximum atomic E-state index is 11.7. The SMILES string of the molecule is CC(C)=CCC/C(C)=C/CC/C(C)=C/CSCC(NC(=O)CCC(=O)O)C(=O)NO. The Bertz CT molecular complexity index is 652. The van der Waals surface area contributed by atoms with Crippen LogP contribution in [-0.4, -0.2) is 45.6 Å². The molecule has 4 N–H and O–H groups in total. The number of nitrogens with one attached hydrogen (secondary N) is 2. The Labute approximate surface area is 184 Å². The summed E-state index contributed by atoms with van der Waals surface area (Å²) in [6.45, 7) is 8.44. The van der Waals surface area contributed by atoms with Gasteiger partial charge in [-0.3, -0.25) is 19.6 Å². The predicted octanol–water partition coefficient (Wildman–Crippen LogP) is 3.99. The normalized spacial score (nSPS) is 12.8. The van der Waals surface area contributed by atoms with Crippen molar-refractivity contribution in [1.29, 1.82) is 0 Å². The number of aliphatic carboxylic acids is 1. The standard InChI is InChI=1S/C22H36N2O5S/c1-16(2)7-5-8-17(3)9-6-10-18(4)13-14-30-15-19(22(28)24-29)23-20(25)11-12-21(26)27/h7,9,13,19,29H,5-6,8,10-12,14-15H2,1-4H3,(H,23,25)(H,24,28)(H,26,27)/b17-9+,18-13+. The van der Waals surface area contributed by atoms with Crippen molar-refractivity contribution in [3.05, 3.63) is 34.9 Å². The van der Waals surface area contributed by atoms with Gasteiger partial charge in [-0.05, 0) is 53.4 Å². The van der Waals surface area contributed by atoms with Crippen LogP contribution in [0.25, 0.3) is 0 Å². The molecule has 0 fully saturated rings. The van der Waals surface area contributed by atoms with E-state index < -0.39 is 23.8 Å². The monoisotopic (exact) mass is 440 g/mol. The van der Waals surface area contributed by atoms with Gasteiger partial charge in [-0.1, -0.05) is 34.9 Å². The minimum absolute atomic E-state index is 0.213. The highest BCUT2D eigenvalue weighted by molar-refractivity contribution is 7.99. The van der Waals surface area contributed by atoms with Gasteiger partial charge in [0.25, 0.3) is 5.91 Å². The van der Waals surface area contributed by atoms with Gasteiger partial charge in [-0.25, -0.2) is 5.48 Å². The summed E-state index contributed by atoms with van der Waals surface area (Å²) in [5.41, 5.74) is 5.53. The fourth-order valence-electron chi connectivity index (χ4n) is 2.47. The number of carbonyl (C=O) groups excluding carboxylic acids is 2. The van der Waals surface area contributed by atoms with Gasteiger partial charge in [0.2, 0.25) is 5.91 Å². The first kappa shape index (κ1) is 27.9. The third-order valence-corrected chi connectivity index (χ3v) is 5.26. The number of thioether (sulfide) groups is 1. The smallest absolute Gasteiger partial charge is 0.303 e. The minimum atomic E-state index is -1.08. The molecule has 0 aliphatic heterocycles. The van der Waals surface area contributed by atoms with Crippen molar-refractivity contribution in [2.75, 3.05) is 11.5 Å². The van der Waals surface area contributed by atoms with Crippen LogP contribution in [0.4, 0.5) is 0 Å². The molecule has 30 heavy (non-hydrogen) atoms. The van der Waals surface area contributed by atoms with Gasteiger partial charge in [0.1, 0.15) is 6.04 Å². The third kappa shape index (κ3) is 15.8. The van der Waals surface area contributed by atoms with E-state index in [0.29, 0.717) is 5.75 Å². The van der Waals surface area contributed by atoms with Crippen LogP contribution in [0.1, 0.15) is 66.2 Å². The Morgan fingerprint density at radius 1 is 0.900 bits per heavy atom. The average Bonchev–Trinajstić information content (AvgIpc) is 2.67. The van der Waals surface area contributed by atoms with Crippen molar-refractivity contribution < 1.29 is 24.7 Å². The first-order valence-corrected chi connectivity index (χ1v) is 11.3. The number of allylic oxidation sites excluding steroid dienone is 5. The lowest BCUT2D eigenvalue weighted by molar-refractivity contribution is -0.139. The van der Waals surface area contributed by atoms with Crippen LogP contribution >= 0.6 is 11.8 Å². The van der Waals surface area contributed by atoms with E-state index in [-0.39, 0.29) is 18.6 Å². The van der Waals surface area contributed by atoms with Crippen molar-refractivity contribution in [3.63, 3.8) is 0 Å². The number of amides is 2. The molecule has 0 rings (SSSR count). The summed E-state index contributed by atoms with van der Waals surface area (Å²) >= 11 is 1.45. The number of hydroxylamine groups is 1. The molecule has 0 heterocycles. The van der Waals surface area contributed by atoms with Crippen molar-refractivity contribution in [3.8, 4) is 0 Å². The number of carboxylic acids is 1. The van der Waals surface area contributed by atoms with Gasteiger partial charge in [0.05, 0.1) is 6.42 Å². The molecule has 8 heteroatoms. The summed E-state index contributed by atoms with van der Waals surface area (Å²) in [4.78, 5) is 33.9. The van der Waals surface area contributed by atoms with Crippen LogP contribution in [0.3, 0.4) is 0 Å². The molecular formula is C22H36N2O5S. The summed E-state index contributed by atoms with van der Waals surface area (Å²) in [6.07, 6.45) is 10.2. The zero-order valence-electron chi connectivity index (χ0n) is 18.5. The van der Waals surface area contributed by atoms with Crippen LogP contribution in [0.2, 0.25) is 0 Å². The van der Waals surface area contributed by atoms with Crippen molar-refractivity contribution in [2.24, 2.45) is 0 Å². The third-order valence-electron chi connectivity index (χ3n) is 4.28. The lowest BCUT2D eigenvalue weighted by atomic mass is 10.1. The first-order chi connectivity index (χ1) is 14.1. The molecule has 0 saturated carbocycles. The van der Waals surface area contributed by atoms with Crippen molar-refractivity contribution in [2.45, 2.75) is 72.3 Å². The predicted molar refractivity (Wildman–Crippen MR) is 121 cm³/mol. The maximum Gasteiger partial charge on any atom is 0.303 e. The quantitative estimate of drug-likeness (QED) is 0.132. The Hall–Kier alpha value is -2.06. The topological polar surface area (TPSA) is 116 Å². The zero-order valence-corrected chi connectivity index (χ0v) is 19.3. The van der Waals surface area contributed by atoms with E-state index in [1.165, 1.54) is 34.0 Å². The average molecular weight is 441 g/mol. The van der Waals surface area contributed by atoms with Crippen molar-refractivity contribution in [1.82, 2.24) is 10.8 Å². The second-order valence-corrected chi connectivity index (χ2v) is 8.56. The van der Waals surface area contributed by atoms with Gasteiger partial charge in [-0.2, -0.15) is 11.8 Å². The lowest BCUT2D eigenvalue weighted by Gasteiger charge is -2.16. The first-order valence-electron chi connectivity index (χ1n) is 10.1. The second kappa shape index (κ2) is 16.7. The molecule has 0 aromatic carbocycles. The lowest BCUT2D eigenvalue weighted by Crippen LogP contribution is -2.47. The number of hydrogen-bond donors (Lipinski definition) is 4. The van der Waals surface area contributed by atoms with E-state index in [2.05, 4.69) is 51.2 Å². The van der Waals surface area contributed by atoms with Gasteiger partial charge in [0.15, 0.2) is 0 Å². The molecule has 7 nitrogen and oxygen atoms in total. The van der Waals surface area contributed by atoms with E-state index in [1.54, 1.807) is 0 Å². The van der Waals surface area contributed by atoms with E-state index in [4.69, 9.17) is 10.3 Å². The van der Waals surface area contributed by atoms with Gasteiger partial charge < -0.3 is 10.4 Å². The highest BCUT2D eigenvalue weighted by atomic mass is 32.2. The van der Waals surface area contributed by atoms with Crippen LogP contribution < -0.4 is 10.8 Å². The zero-order chi connectivity index (χ0) is 22.9. The van der Waals surface area contributed by atoms with Crippen LogP contribution in [-0.2, 0) is 14.4 Å². The molecule has 0 aliphatic carbocycles. The van der Waals surface area contributed by atoms with Gasteiger partial charge in [-0.15, -0.1) is 0 Å². The Morgan fingerprint density at radius 2 is 1.50 bits per heavy atom. The molecule has 0 saturated heterocycles. The van der Waals surface area contributed by atoms with Crippen LogP contribution in [0.15, 0.2) is 34.9 Å². The summed E-state index contributed by atoms with van der Waals surface area (Å²) in [5, 5.41) is 19.9. The minimum Gasteiger partial charge on any atom is -0.481 e. The number of hydrogen-bond acceptors (Lipinski definition) is 5. The Kier molecular flexibility index (Phi) is 15.6. The molecule has 0 bridgehead atoms. The Morgan fingerprint density at radius 3 is 2.07 bits per heavy atom. The summed E-state index contributed by atoms with van der Waals surface area (Å²) < 4.78 is 0. The molecule has 0 aliphatic rings. The highest BCUT2D eigenvalue weighted by Gasteiger charge is 2.20. The maximum absolute atomic E-state index is 11.7. The Balaban J connectivity index is 4.32. The fraction of sp³-hybridized carbons (Fsp3) is 0.591. The summed E-state index contributed by atoms with van der Waals surface area (Å²) in [6, 6.07) is -0.915. The second-order valence-electron chi connectivity index (χ2n) is 7.49. The number of rotatable bonds is 15. The molecule has 0 aromatic rings. The molecule has 1 unspecified atom stereocenters. The molecule has 0 aromatic heterocycles. The highest BCUT2D eigenvalue weighted by Crippen LogP contribution is 2.13. The van der Waals surface area contributed by atoms with E-state index in [1.807, 2.05) is 0 Å². The number of carbonyl (C=O) groups is 3. The van der Waals surface area contributed by atoms with Crippen LogP contribution in [0, 0.1) is 0 Å². The summed E-state index contributed by atoms with van der Waals surface area (Å²) in [7, 11) is 0. The molecule has 0 radical (unpaired) electrons. The summed E-state index contributed by atoms with van der Waals surface area (Å²) in [5.74, 6) is -1.39. The molecule has 170 valence electrons. The van der Waals surface area contributed by atoms with Gasteiger partial charge >= 0.3 is 5.97 Å².